The first-order valence-corrected chi connectivity index (χ1v) is 11.2. The molecule has 0 radical (unpaired) electrons. The molecule has 31 heavy (non-hydrogen) atoms. The van der Waals surface area contributed by atoms with Gasteiger partial charge in [0.15, 0.2) is 6.61 Å². The summed E-state index contributed by atoms with van der Waals surface area (Å²) in [5.74, 6) is -0.266. The van der Waals surface area contributed by atoms with Gasteiger partial charge in [0.2, 0.25) is 0 Å². The summed E-state index contributed by atoms with van der Waals surface area (Å²) in [6.07, 6.45) is 5.42. The zero-order valence-corrected chi connectivity index (χ0v) is 18.4. The van der Waals surface area contributed by atoms with Gasteiger partial charge in [-0.15, -0.1) is 0 Å². The molecule has 2 saturated carbocycles. The SMILES string of the molecule is COC(=O)C1=CC2=CC[C@H]3[C@@H]4CC[C@H](C(=O)OCC(F)(F)F)[C@@]4(C)CC[C@@H]3[C@@]2(C)CC1. The second-order valence-electron chi connectivity index (χ2n) is 10.2. The minimum absolute atomic E-state index is 0.0172. The average Bonchev–Trinajstić information content (AvgIpc) is 3.07. The lowest BCUT2D eigenvalue weighted by Gasteiger charge is -2.56. The zero-order valence-electron chi connectivity index (χ0n) is 18.4. The van der Waals surface area contributed by atoms with Crippen molar-refractivity contribution in [1.29, 1.82) is 0 Å². The van der Waals surface area contributed by atoms with Gasteiger partial charge < -0.3 is 9.47 Å². The van der Waals surface area contributed by atoms with Crippen LogP contribution in [0.2, 0.25) is 0 Å². The Bertz CT molecular complexity index is 829. The molecule has 4 rings (SSSR count). The number of carbonyl (C=O) groups excluding carboxylic acids is 2. The number of ether oxygens (including phenoxy) is 2. The number of rotatable bonds is 3. The van der Waals surface area contributed by atoms with Gasteiger partial charge in [-0.2, -0.15) is 13.2 Å². The van der Waals surface area contributed by atoms with Gasteiger partial charge in [-0.3, -0.25) is 4.79 Å². The lowest BCUT2D eigenvalue weighted by atomic mass is 9.48. The molecule has 0 saturated heterocycles. The van der Waals surface area contributed by atoms with Gasteiger partial charge >= 0.3 is 18.1 Å². The standard InChI is InChI=1S/C24H31F3O4/c1-22-10-8-14(20(28)30-3)12-15(22)4-5-16-17-6-7-19(21(29)31-13-24(25,26)27)23(17,2)11-9-18(16)22/h4,12,16-19H,5-11,13H2,1-3H3/t16-,17-,18-,19+,22-,23-/m0/s1. The van der Waals surface area contributed by atoms with Gasteiger partial charge in [0.05, 0.1) is 13.0 Å². The Morgan fingerprint density at radius 1 is 1.13 bits per heavy atom. The Morgan fingerprint density at radius 3 is 2.55 bits per heavy atom. The van der Waals surface area contributed by atoms with Crippen LogP contribution in [0.4, 0.5) is 13.2 Å². The van der Waals surface area contributed by atoms with Crippen molar-refractivity contribution in [2.45, 2.75) is 65.0 Å². The van der Waals surface area contributed by atoms with E-state index >= 15 is 0 Å². The van der Waals surface area contributed by atoms with Crippen LogP contribution in [-0.2, 0) is 19.1 Å². The van der Waals surface area contributed by atoms with Crippen LogP contribution in [0.3, 0.4) is 0 Å². The van der Waals surface area contributed by atoms with E-state index in [1.165, 1.54) is 12.7 Å². The number of esters is 2. The fourth-order valence-corrected chi connectivity index (χ4v) is 7.26. The first kappa shape index (κ1) is 22.4. The summed E-state index contributed by atoms with van der Waals surface area (Å²) < 4.78 is 47.2. The molecule has 7 heteroatoms. The largest absolute Gasteiger partial charge is 0.466 e. The molecule has 0 N–H and O–H groups in total. The normalized spacial score (nSPS) is 39.4. The number of allylic oxidation sites excluding steroid dienone is 3. The number of carbonyl (C=O) groups is 2. The predicted molar refractivity (Wildman–Crippen MR) is 108 cm³/mol. The van der Waals surface area contributed by atoms with Crippen LogP contribution in [0, 0.1) is 34.5 Å². The molecule has 0 aromatic carbocycles. The van der Waals surface area contributed by atoms with E-state index in [2.05, 4.69) is 24.7 Å². The highest BCUT2D eigenvalue weighted by Gasteiger charge is 2.60. The lowest BCUT2D eigenvalue weighted by molar-refractivity contribution is -0.192. The van der Waals surface area contributed by atoms with Crippen molar-refractivity contribution in [1.82, 2.24) is 0 Å². The van der Waals surface area contributed by atoms with Crippen molar-refractivity contribution in [3.05, 3.63) is 23.3 Å². The van der Waals surface area contributed by atoms with Crippen molar-refractivity contribution in [3.63, 3.8) is 0 Å². The molecule has 0 aliphatic heterocycles. The van der Waals surface area contributed by atoms with Crippen molar-refractivity contribution in [2.24, 2.45) is 34.5 Å². The highest BCUT2D eigenvalue weighted by atomic mass is 19.4. The summed E-state index contributed by atoms with van der Waals surface area (Å²) in [6, 6.07) is 0. The molecule has 4 aliphatic rings. The van der Waals surface area contributed by atoms with E-state index in [0.29, 0.717) is 30.6 Å². The molecule has 0 aromatic rings. The van der Waals surface area contributed by atoms with E-state index in [0.717, 1.165) is 37.7 Å². The molecule has 0 bridgehead atoms. The van der Waals surface area contributed by atoms with E-state index in [-0.39, 0.29) is 16.8 Å². The van der Waals surface area contributed by atoms with Gasteiger partial charge in [0.25, 0.3) is 0 Å². The van der Waals surface area contributed by atoms with Crippen LogP contribution in [0.1, 0.15) is 58.8 Å². The summed E-state index contributed by atoms with van der Waals surface area (Å²) in [4.78, 5) is 24.5. The van der Waals surface area contributed by atoms with Crippen LogP contribution >= 0.6 is 0 Å². The number of halogens is 3. The molecular formula is C24H31F3O4. The molecule has 0 spiro atoms. The molecule has 6 atom stereocenters. The second-order valence-corrected chi connectivity index (χ2v) is 10.2. The summed E-state index contributed by atoms with van der Waals surface area (Å²) in [7, 11) is 1.40. The van der Waals surface area contributed by atoms with Crippen molar-refractivity contribution < 1.29 is 32.2 Å². The van der Waals surface area contributed by atoms with Gasteiger partial charge in [0, 0.05) is 5.57 Å². The molecule has 4 aliphatic carbocycles. The Labute approximate surface area is 181 Å². The Kier molecular flexibility index (Phi) is 5.54. The number of hydrogen-bond acceptors (Lipinski definition) is 4. The third-order valence-corrected chi connectivity index (χ3v) is 8.88. The molecule has 0 amide bonds. The van der Waals surface area contributed by atoms with E-state index in [9.17, 15) is 22.8 Å². The number of fused-ring (bicyclic) bond motifs is 5. The highest BCUT2D eigenvalue weighted by Crippen LogP contribution is 2.66. The zero-order chi connectivity index (χ0) is 22.6. The highest BCUT2D eigenvalue weighted by molar-refractivity contribution is 5.89. The molecule has 172 valence electrons. The summed E-state index contributed by atoms with van der Waals surface area (Å²) in [5.41, 5.74) is 1.60. The number of hydrogen-bond donors (Lipinski definition) is 0. The van der Waals surface area contributed by atoms with Crippen molar-refractivity contribution in [2.75, 3.05) is 13.7 Å². The van der Waals surface area contributed by atoms with E-state index in [1.807, 2.05) is 6.08 Å². The Hall–Kier alpha value is -1.79. The molecule has 2 fully saturated rings. The van der Waals surface area contributed by atoms with Crippen LogP contribution in [0.25, 0.3) is 0 Å². The minimum atomic E-state index is -4.50. The van der Waals surface area contributed by atoms with Crippen LogP contribution < -0.4 is 0 Å². The molecular weight excluding hydrogens is 409 g/mol. The fraction of sp³-hybridized carbons (Fsp3) is 0.750. The van der Waals surface area contributed by atoms with Crippen LogP contribution in [-0.4, -0.2) is 31.8 Å². The Balaban J connectivity index is 1.55. The number of methoxy groups -OCH3 is 1. The van der Waals surface area contributed by atoms with E-state index in [4.69, 9.17) is 4.74 Å². The van der Waals surface area contributed by atoms with Gasteiger partial charge in [-0.25, -0.2) is 4.79 Å². The summed E-state index contributed by atoms with van der Waals surface area (Å²) >= 11 is 0. The topological polar surface area (TPSA) is 52.6 Å². The minimum Gasteiger partial charge on any atom is -0.466 e. The third kappa shape index (κ3) is 3.72. The second kappa shape index (κ2) is 7.66. The van der Waals surface area contributed by atoms with Gasteiger partial charge in [0.1, 0.15) is 0 Å². The third-order valence-electron chi connectivity index (χ3n) is 8.88. The smallest absolute Gasteiger partial charge is 0.422 e. The molecule has 4 nitrogen and oxygen atoms in total. The van der Waals surface area contributed by atoms with Crippen molar-refractivity contribution >= 4 is 11.9 Å². The maximum atomic E-state index is 12.5. The maximum absolute atomic E-state index is 12.5. The summed E-state index contributed by atoms with van der Waals surface area (Å²) in [5, 5.41) is 0. The fourth-order valence-electron chi connectivity index (χ4n) is 7.26. The van der Waals surface area contributed by atoms with E-state index < -0.39 is 24.7 Å². The van der Waals surface area contributed by atoms with Gasteiger partial charge in [-0.05, 0) is 85.2 Å². The van der Waals surface area contributed by atoms with Crippen LogP contribution in [0.5, 0.6) is 0 Å². The molecule has 0 unspecified atom stereocenters. The Morgan fingerprint density at radius 2 is 1.87 bits per heavy atom. The van der Waals surface area contributed by atoms with Crippen molar-refractivity contribution in [3.8, 4) is 0 Å². The molecule has 0 aromatic heterocycles. The first-order chi connectivity index (χ1) is 14.5. The van der Waals surface area contributed by atoms with Gasteiger partial charge in [-0.1, -0.05) is 19.9 Å². The number of alkyl halides is 3. The maximum Gasteiger partial charge on any atom is 0.422 e. The predicted octanol–water partition coefficient (Wildman–Crippen LogP) is 5.38. The quantitative estimate of drug-likeness (QED) is 0.553. The summed E-state index contributed by atoms with van der Waals surface area (Å²) in [6.45, 7) is 2.86. The average molecular weight is 441 g/mol. The monoisotopic (exact) mass is 440 g/mol. The lowest BCUT2D eigenvalue weighted by Crippen LogP contribution is -2.50. The molecule has 0 heterocycles. The first-order valence-electron chi connectivity index (χ1n) is 11.2. The van der Waals surface area contributed by atoms with Crippen LogP contribution in [0.15, 0.2) is 23.3 Å². The van der Waals surface area contributed by atoms with E-state index in [1.54, 1.807) is 0 Å².